The average molecular weight is 709 g/mol. The van der Waals surface area contributed by atoms with Gasteiger partial charge in [-0.1, -0.05) is 194 Å². The third-order valence-corrected chi connectivity index (χ3v) is 9.94. The monoisotopic (exact) mass is 709 g/mol. The molecule has 0 aromatic heterocycles. The van der Waals surface area contributed by atoms with Gasteiger partial charge < -0.3 is 24.4 Å². The summed E-state index contributed by atoms with van der Waals surface area (Å²) in [6, 6.07) is 0. The van der Waals surface area contributed by atoms with Crippen molar-refractivity contribution in [3.8, 4) is 0 Å². The zero-order chi connectivity index (χ0) is 36.5. The second-order valence-electron chi connectivity index (χ2n) is 14.7. The summed E-state index contributed by atoms with van der Waals surface area (Å²) < 4.78 is 15.9. The van der Waals surface area contributed by atoms with E-state index in [9.17, 15) is 24.6 Å². The van der Waals surface area contributed by atoms with Crippen molar-refractivity contribution >= 4 is 17.9 Å². The lowest BCUT2D eigenvalue weighted by Crippen LogP contribution is -2.38. The fourth-order valence-corrected chi connectivity index (χ4v) is 6.66. The zero-order valence-corrected chi connectivity index (χ0v) is 32.3. The summed E-state index contributed by atoms with van der Waals surface area (Å²) in [7, 11) is 0. The van der Waals surface area contributed by atoms with E-state index in [1.165, 1.54) is 148 Å². The largest absolute Gasteiger partial charge is 0.505 e. The number of hydrogen-bond acceptors (Lipinski definition) is 8. The third kappa shape index (κ3) is 24.8. The summed E-state index contributed by atoms with van der Waals surface area (Å²) in [6.45, 7) is 4.15. The first-order valence-electron chi connectivity index (χ1n) is 21.1. The Morgan fingerprint density at radius 1 is 0.540 bits per heavy atom. The van der Waals surface area contributed by atoms with Crippen LogP contribution in [0.2, 0.25) is 0 Å². The molecule has 0 amide bonds. The van der Waals surface area contributed by atoms with Gasteiger partial charge in [-0.25, -0.2) is 4.79 Å². The molecule has 0 bridgehead atoms. The van der Waals surface area contributed by atoms with E-state index < -0.39 is 41.6 Å². The van der Waals surface area contributed by atoms with E-state index in [4.69, 9.17) is 14.2 Å². The van der Waals surface area contributed by atoms with Crippen LogP contribution in [-0.2, 0) is 28.6 Å². The summed E-state index contributed by atoms with van der Waals surface area (Å²) in [5.41, 5.74) is 0. The number of carbonyl (C=O) groups excluding carboxylic acids is 3. The molecule has 8 nitrogen and oxygen atoms in total. The molecule has 2 N–H and O–H groups in total. The minimum atomic E-state index is -1.40. The molecule has 0 aliphatic carbocycles. The molecule has 1 heterocycles. The first-order valence-corrected chi connectivity index (χ1v) is 21.1. The topological polar surface area (TPSA) is 119 Å². The number of carbonyl (C=O) groups is 3. The number of rotatable bonds is 36. The van der Waals surface area contributed by atoms with Gasteiger partial charge in [0.05, 0.1) is 0 Å². The van der Waals surface area contributed by atoms with E-state index in [2.05, 4.69) is 13.8 Å². The minimum absolute atomic E-state index is 0.180. The van der Waals surface area contributed by atoms with Gasteiger partial charge in [0.25, 0.3) is 0 Å². The number of esters is 3. The van der Waals surface area contributed by atoms with Crippen LogP contribution in [0.25, 0.3) is 0 Å². The lowest BCUT2D eigenvalue weighted by atomic mass is 10.0. The van der Waals surface area contributed by atoms with E-state index in [0.717, 1.165) is 32.1 Å². The molecule has 0 saturated heterocycles. The Bertz CT molecular complexity index is 885. The van der Waals surface area contributed by atoms with Gasteiger partial charge in [0.1, 0.15) is 6.61 Å². The molecule has 8 heteroatoms. The molecule has 2 atom stereocenters. The van der Waals surface area contributed by atoms with Crippen LogP contribution in [0, 0.1) is 0 Å². The van der Waals surface area contributed by atoms with E-state index in [1.807, 2.05) is 0 Å². The maximum Gasteiger partial charge on any atom is 0.378 e. The van der Waals surface area contributed by atoms with Crippen molar-refractivity contribution in [1.29, 1.82) is 0 Å². The molecular formula is C42H76O8. The molecule has 1 rings (SSSR count). The smallest absolute Gasteiger partial charge is 0.378 e. The number of aliphatic hydroxyl groups excluding tert-OH is 2. The van der Waals surface area contributed by atoms with Crippen LogP contribution in [0.15, 0.2) is 11.5 Å². The number of unbranched alkanes of at least 4 members (excludes halogenated alkanes) is 28. The SMILES string of the molecule is CCCCCCCCCCCCCCCCCC(=O)OC[C@H](OC(=O)CCCCCCCCCCCCCCCCC)[C@H]1OC(=O)C(O)=C1O. The molecule has 50 heavy (non-hydrogen) atoms. The highest BCUT2D eigenvalue weighted by Crippen LogP contribution is 2.24. The van der Waals surface area contributed by atoms with Crippen molar-refractivity contribution in [3.63, 3.8) is 0 Å². The zero-order valence-electron chi connectivity index (χ0n) is 32.3. The van der Waals surface area contributed by atoms with Crippen LogP contribution < -0.4 is 0 Å². The number of cyclic esters (lactones) is 1. The molecule has 0 fully saturated rings. The van der Waals surface area contributed by atoms with Gasteiger partial charge in [-0.05, 0) is 12.8 Å². The van der Waals surface area contributed by atoms with Gasteiger partial charge in [-0.15, -0.1) is 0 Å². The van der Waals surface area contributed by atoms with E-state index in [-0.39, 0.29) is 19.4 Å². The second-order valence-corrected chi connectivity index (χ2v) is 14.7. The Morgan fingerprint density at radius 2 is 0.860 bits per heavy atom. The first-order chi connectivity index (χ1) is 24.4. The Balaban J connectivity index is 2.16. The van der Waals surface area contributed by atoms with E-state index in [0.29, 0.717) is 12.8 Å². The summed E-state index contributed by atoms with van der Waals surface area (Å²) in [6.07, 6.45) is 34.8. The highest BCUT2D eigenvalue weighted by molar-refractivity contribution is 5.89. The predicted molar refractivity (Wildman–Crippen MR) is 202 cm³/mol. The molecule has 0 aromatic rings. The summed E-state index contributed by atoms with van der Waals surface area (Å²) >= 11 is 0. The van der Waals surface area contributed by atoms with Crippen molar-refractivity contribution in [3.05, 3.63) is 11.5 Å². The Hall–Kier alpha value is -2.25. The number of ether oxygens (including phenoxy) is 3. The van der Waals surface area contributed by atoms with Gasteiger partial charge in [-0.3, -0.25) is 9.59 Å². The molecule has 292 valence electrons. The second kappa shape index (κ2) is 32.6. The molecule has 0 unspecified atom stereocenters. The number of hydrogen-bond donors (Lipinski definition) is 2. The van der Waals surface area contributed by atoms with E-state index in [1.54, 1.807) is 0 Å². The van der Waals surface area contributed by atoms with Crippen LogP contribution in [0.4, 0.5) is 0 Å². The lowest BCUT2D eigenvalue weighted by molar-refractivity contribution is -0.171. The maximum atomic E-state index is 12.6. The van der Waals surface area contributed by atoms with Crippen molar-refractivity contribution in [2.24, 2.45) is 0 Å². The van der Waals surface area contributed by atoms with Crippen LogP contribution in [-0.4, -0.2) is 46.9 Å². The molecule has 1 aliphatic rings. The van der Waals surface area contributed by atoms with Crippen LogP contribution >= 0.6 is 0 Å². The first kappa shape index (κ1) is 45.8. The van der Waals surface area contributed by atoms with Crippen molar-refractivity contribution in [2.45, 2.75) is 232 Å². The van der Waals surface area contributed by atoms with Gasteiger partial charge in [0.2, 0.25) is 11.9 Å². The summed E-state index contributed by atoms with van der Waals surface area (Å²) in [5.74, 6) is -3.67. The fourth-order valence-electron chi connectivity index (χ4n) is 6.66. The summed E-state index contributed by atoms with van der Waals surface area (Å²) in [4.78, 5) is 36.8. The molecule has 1 aliphatic heterocycles. The Labute approximate surface area is 305 Å². The minimum Gasteiger partial charge on any atom is -0.505 e. The van der Waals surface area contributed by atoms with Gasteiger partial charge >= 0.3 is 17.9 Å². The van der Waals surface area contributed by atoms with Crippen molar-refractivity contribution in [1.82, 2.24) is 0 Å². The summed E-state index contributed by atoms with van der Waals surface area (Å²) in [5, 5.41) is 20.0. The van der Waals surface area contributed by atoms with Crippen LogP contribution in [0.5, 0.6) is 0 Å². The normalized spacial score (nSPS) is 15.0. The third-order valence-electron chi connectivity index (χ3n) is 9.94. The molecule has 0 spiro atoms. The maximum absolute atomic E-state index is 12.6. The quantitative estimate of drug-likeness (QED) is 0.0375. The fraction of sp³-hybridized carbons (Fsp3) is 0.881. The molecule has 0 saturated carbocycles. The van der Waals surface area contributed by atoms with Crippen LogP contribution in [0.1, 0.15) is 219 Å². The molecule has 0 aromatic carbocycles. The molecule has 0 radical (unpaired) electrons. The van der Waals surface area contributed by atoms with Gasteiger partial charge in [-0.2, -0.15) is 0 Å². The predicted octanol–water partition coefficient (Wildman–Crippen LogP) is 12.2. The lowest BCUT2D eigenvalue weighted by Gasteiger charge is -2.22. The molecular weight excluding hydrogens is 632 g/mol. The highest BCUT2D eigenvalue weighted by atomic mass is 16.6. The number of aliphatic hydroxyl groups is 2. The van der Waals surface area contributed by atoms with Crippen LogP contribution in [0.3, 0.4) is 0 Å². The van der Waals surface area contributed by atoms with Gasteiger partial charge in [0.15, 0.2) is 11.9 Å². The Morgan fingerprint density at radius 3 is 1.18 bits per heavy atom. The highest BCUT2D eigenvalue weighted by Gasteiger charge is 2.42. The average Bonchev–Trinajstić information content (AvgIpc) is 3.36. The Kier molecular flexibility index (Phi) is 29.9. The van der Waals surface area contributed by atoms with Crippen molar-refractivity contribution < 1.29 is 38.8 Å². The van der Waals surface area contributed by atoms with Crippen molar-refractivity contribution in [2.75, 3.05) is 6.61 Å². The standard InChI is InChI=1S/C42H76O8/c1-3-5-7-9-11-13-15-17-19-21-23-25-27-29-31-33-37(43)48-35-36(41-39(45)40(46)42(47)50-41)49-38(44)34-32-30-28-26-24-22-20-18-16-14-12-10-8-6-4-2/h36,41,45-46H,3-35H2,1-2H3/t36-,41+/m0/s1. The van der Waals surface area contributed by atoms with E-state index >= 15 is 0 Å². The van der Waals surface area contributed by atoms with Gasteiger partial charge in [0, 0.05) is 12.8 Å².